The van der Waals surface area contributed by atoms with Crippen molar-refractivity contribution in [1.29, 1.82) is 0 Å². The van der Waals surface area contributed by atoms with Gasteiger partial charge in [-0.2, -0.15) is 0 Å². The maximum atomic E-state index is 15.7. The lowest BCUT2D eigenvalue weighted by molar-refractivity contribution is -0.346. The Morgan fingerprint density at radius 2 is 1.43 bits per heavy atom. The number of benzene rings is 3. The Hall–Kier alpha value is -6.27. The Morgan fingerprint density at radius 3 is 1.97 bits per heavy atom. The fourth-order valence-electron chi connectivity index (χ4n) is 11.0. The number of aliphatic hydroxyl groups excluding tert-OH is 1. The first-order valence-electron chi connectivity index (χ1n) is 23.5. The van der Waals surface area contributed by atoms with E-state index in [1.54, 1.807) is 99.6 Å². The molecule has 374 valence electrons. The van der Waals surface area contributed by atoms with E-state index in [9.17, 15) is 34.2 Å². The molecule has 4 aliphatic rings. The number of ketones is 1. The summed E-state index contributed by atoms with van der Waals surface area (Å²) in [5.74, 6) is -8.39. The number of hydrogen-bond acceptors (Lipinski definition) is 16. The van der Waals surface area contributed by atoms with Gasteiger partial charge in [0.05, 0.1) is 29.6 Å². The number of rotatable bonds is 14. The van der Waals surface area contributed by atoms with Crippen molar-refractivity contribution in [3.05, 3.63) is 119 Å². The van der Waals surface area contributed by atoms with Crippen LogP contribution in [0.25, 0.3) is 0 Å². The second kappa shape index (κ2) is 19.9. The van der Waals surface area contributed by atoms with Crippen molar-refractivity contribution in [1.82, 2.24) is 5.32 Å². The summed E-state index contributed by atoms with van der Waals surface area (Å²) in [6.07, 6.45) is -10.3. The van der Waals surface area contributed by atoms with Crippen LogP contribution >= 0.6 is 0 Å². The number of amides is 1. The molecule has 70 heavy (non-hydrogen) atoms. The van der Waals surface area contributed by atoms with Crippen LogP contribution in [0.4, 0.5) is 0 Å². The molecule has 13 atom stereocenters. The number of hydrogen-bond donors (Lipinski definition) is 4. The average Bonchev–Trinajstić information content (AvgIpc) is 3.33. The van der Waals surface area contributed by atoms with E-state index in [4.69, 9.17) is 34.2 Å². The smallest absolute Gasteiger partial charge is 0.350 e. The summed E-state index contributed by atoms with van der Waals surface area (Å²) in [6, 6.07) is 21.6. The second-order valence-electron chi connectivity index (χ2n) is 19.7. The van der Waals surface area contributed by atoms with Gasteiger partial charge in [-0.25, -0.2) is 9.59 Å². The summed E-state index contributed by atoms with van der Waals surface area (Å²) >= 11 is 0. The zero-order chi connectivity index (χ0) is 51.1. The van der Waals surface area contributed by atoms with E-state index in [1.807, 2.05) is 6.92 Å². The minimum atomic E-state index is -2.46. The zero-order valence-corrected chi connectivity index (χ0v) is 40.5. The highest BCUT2D eigenvalue weighted by Gasteiger charge is 2.78. The van der Waals surface area contributed by atoms with Gasteiger partial charge in [-0.1, -0.05) is 101 Å². The molecule has 17 heteroatoms. The van der Waals surface area contributed by atoms with Gasteiger partial charge in [0, 0.05) is 37.7 Å². The van der Waals surface area contributed by atoms with Crippen molar-refractivity contribution in [3.8, 4) is 0 Å². The molecule has 3 fully saturated rings. The number of ether oxygens (including phenoxy) is 6. The zero-order valence-electron chi connectivity index (χ0n) is 40.5. The molecule has 2 saturated carbocycles. The number of Topliss-reactive ketones (excluding diaryl/α,β-unsaturated/α-hetero) is 1. The molecule has 17 nitrogen and oxygen atoms in total. The van der Waals surface area contributed by atoms with Crippen LogP contribution in [0, 0.1) is 22.7 Å². The standard InChI is InChI=1S/C53H62N2O15/c1-9-28(2)39(54)48(62)68-42(40(32-19-13-10-14-20-32)55-46(60)33-21-15-11-16-22-33)49(63)67-35-26-53(64)45(69-47(61)34-23-17-12-18-24-34)43-51(8,36(58)25-37-52(43,27-65-37)70-31(5)57)44(59)41(66-30(4)56)38(29(35)3)50(53,6)7/h10-24,28,35-37,39-43,45,58,64H,9,25-27,54H2,1-8H3,(H,55,60)/t28-,35-,36-,37+,39-,40-,41+,42+,43?,45-,51+,52-,53+/m0/s1. The van der Waals surface area contributed by atoms with Crippen molar-refractivity contribution in [2.45, 2.75) is 135 Å². The minimum absolute atomic E-state index is 0.0373. The van der Waals surface area contributed by atoms with Crippen LogP contribution in [0.1, 0.15) is 107 Å². The van der Waals surface area contributed by atoms with E-state index in [0.29, 0.717) is 12.0 Å². The van der Waals surface area contributed by atoms with Crippen molar-refractivity contribution < 1.29 is 72.2 Å². The van der Waals surface area contributed by atoms with E-state index < -0.39 is 131 Å². The van der Waals surface area contributed by atoms with Gasteiger partial charge in [0.15, 0.2) is 17.5 Å². The molecular weight excluding hydrogens is 905 g/mol. The molecule has 3 aromatic carbocycles. The average molecular weight is 967 g/mol. The molecule has 2 bridgehead atoms. The van der Waals surface area contributed by atoms with Crippen LogP contribution in [0.15, 0.2) is 102 Å². The lowest BCUT2D eigenvalue weighted by Crippen LogP contribution is -2.82. The maximum absolute atomic E-state index is 15.7. The van der Waals surface area contributed by atoms with Gasteiger partial charge in [0.25, 0.3) is 5.91 Å². The van der Waals surface area contributed by atoms with E-state index in [-0.39, 0.29) is 35.3 Å². The van der Waals surface area contributed by atoms with Gasteiger partial charge >= 0.3 is 29.8 Å². The number of carbonyl (C=O) groups excluding carboxylic acids is 7. The summed E-state index contributed by atoms with van der Waals surface area (Å²) in [4.78, 5) is 99.7. The minimum Gasteiger partial charge on any atom is -0.455 e. The lowest BCUT2D eigenvalue weighted by atomic mass is 9.44. The SMILES string of the molecule is CC[C@H](C)[C@H](N)C(=O)O[C@@H](C(=O)O[C@H]1C[C@@]2(O)[C@@H](OC(=O)c3ccccc3)C3[C@](C)(C(=O)[C@H](OC(C)=O)C(=C1C)C2(C)C)[C@@H](O)C[C@H]1OC[C@@]31OC(C)=O)[C@@H](NC(=O)c1ccccc1)c1ccccc1. The van der Waals surface area contributed by atoms with Crippen LogP contribution in [-0.2, 0) is 52.4 Å². The number of nitrogens with one attached hydrogen (secondary N) is 1. The molecule has 1 saturated heterocycles. The van der Waals surface area contributed by atoms with Gasteiger partial charge in [0.2, 0.25) is 6.10 Å². The predicted octanol–water partition coefficient (Wildman–Crippen LogP) is 4.66. The summed E-state index contributed by atoms with van der Waals surface area (Å²) in [6.45, 7) is 11.5. The molecule has 1 heterocycles. The molecule has 0 spiro atoms. The van der Waals surface area contributed by atoms with E-state index in [0.717, 1.165) is 13.8 Å². The molecule has 3 aliphatic carbocycles. The number of carbonyl (C=O) groups is 7. The maximum Gasteiger partial charge on any atom is 0.350 e. The van der Waals surface area contributed by atoms with E-state index in [1.165, 1.54) is 26.0 Å². The normalized spacial score (nSPS) is 30.4. The topological polar surface area (TPSA) is 253 Å². The van der Waals surface area contributed by atoms with Gasteiger partial charge < -0.3 is 49.7 Å². The Balaban J connectivity index is 1.43. The van der Waals surface area contributed by atoms with E-state index >= 15 is 9.59 Å². The molecule has 5 N–H and O–H groups in total. The largest absolute Gasteiger partial charge is 0.455 e. The molecule has 7 rings (SSSR count). The predicted molar refractivity (Wildman–Crippen MR) is 249 cm³/mol. The van der Waals surface area contributed by atoms with Gasteiger partial charge in [-0.3, -0.25) is 24.0 Å². The van der Waals surface area contributed by atoms with Crippen molar-refractivity contribution in [2.75, 3.05) is 6.61 Å². The Kier molecular flexibility index (Phi) is 14.6. The van der Waals surface area contributed by atoms with Crippen LogP contribution in [0.5, 0.6) is 0 Å². The highest BCUT2D eigenvalue weighted by molar-refractivity contribution is 5.96. The molecule has 0 aromatic heterocycles. The van der Waals surface area contributed by atoms with Crippen molar-refractivity contribution in [3.63, 3.8) is 0 Å². The first-order valence-corrected chi connectivity index (χ1v) is 23.5. The third-order valence-electron chi connectivity index (χ3n) is 15.2. The van der Waals surface area contributed by atoms with Gasteiger partial charge in [0.1, 0.15) is 36.0 Å². The van der Waals surface area contributed by atoms with Crippen molar-refractivity contribution >= 4 is 41.5 Å². The molecule has 1 aliphatic heterocycles. The van der Waals surface area contributed by atoms with Crippen LogP contribution in [-0.4, -0.2) is 112 Å². The Bertz CT molecular complexity index is 2530. The Morgan fingerprint density at radius 1 is 0.843 bits per heavy atom. The first-order chi connectivity index (χ1) is 33.0. The molecule has 1 amide bonds. The fourth-order valence-corrected chi connectivity index (χ4v) is 11.0. The second-order valence-corrected chi connectivity index (χ2v) is 19.7. The molecule has 3 aromatic rings. The van der Waals surface area contributed by atoms with Gasteiger partial charge in [-0.15, -0.1) is 0 Å². The highest BCUT2D eigenvalue weighted by atomic mass is 16.6. The summed E-state index contributed by atoms with van der Waals surface area (Å²) < 4.78 is 36.8. The number of nitrogens with two attached hydrogens (primary N) is 1. The number of esters is 5. The van der Waals surface area contributed by atoms with Crippen LogP contribution in [0.3, 0.4) is 0 Å². The molecule has 1 unspecified atom stereocenters. The third-order valence-corrected chi connectivity index (χ3v) is 15.2. The molecule has 0 radical (unpaired) electrons. The monoisotopic (exact) mass is 966 g/mol. The quantitative estimate of drug-likeness (QED) is 0.0974. The Labute approximate surface area is 406 Å². The number of fused-ring (bicyclic) bond motifs is 5. The summed E-state index contributed by atoms with van der Waals surface area (Å²) in [5.41, 5.74) is -1.02. The van der Waals surface area contributed by atoms with Gasteiger partial charge in [-0.05, 0) is 60.7 Å². The van der Waals surface area contributed by atoms with Crippen molar-refractivity contribution in [2.24, 2.45) is 28.4 Å². The van der Waals surface area contributed by atoms with Crippen LogP contribution < -0.4 is 11.1 Å². The highest BCUT2D eigenvalue weighted by Crippen LogP contribution is 2.64. The lowest BCUT2D eigenvalue weighted by Gasteiger charge is -2.67. The van der Waals surface area contributed by atoms with E-state index in [2.05, 4.69) is 5.32 Å². The number of aliphatic hydroxyl groups is 2. The first kappa shape index (κ1) is 51.6. The summed E-state index contributed by atoms with van der Waals surface area (Å²) in [5, 5.41) is 29.0. The van der Waals surface area contributed by atoms with Crippen LogP contribution in [0.2, 0.25) is 0 Å². The molecular formula is C53H62N2O15. The summed E-state index contributed by atoms with van der Waals surface area (Å²) in [7, 11) is 0. The third kappa shape index (κ3) is 9.04. The fraction of sp³-hybridized carbons (Fsp3) is 0.491.